The van der Waals surface area contributed by atoms with Crippen molar-refractivity contribution in [2.24, 2.45) is 0 Å². The molecule has 1 atom stereocenters. The normalized spacial score (nSPS) is 26.7. The average molecular weight is 481 g/mol. The molecule has 6 rings (SSSR count). The largest absolute Gasteiger partial charge is 0.425 e. The van der Waals surface area contributed by atoms with E-state index >= 15 is 0 Å². The predicted octanol–water partition coefficient (Wildman–Crippen LogP) is 4.54. The fraction of sp³-hybridized carbons (Fsp3) is 0.400. The number of amides is 1. The maximum atomic E-state index is 13.9. The summed E-state index contributed by atoms with van der Waals surface area (Å²) in [7, 11) is 0. The molecule has 2 saturated carbocycles. The number of carbonyl (C=O) groups excluding carboxylic acids is 2. The van der Waals surface area contributed by atoms with E-state index < -0.39 is 11.5 Å². The Morgan fingerprint density at radius 3 is 2.38 bits per heavy atom. The minimum Gasteiger partial charge on any atom is -0.425 e. The lowest BCUT2D eigenvalue weighted by Crippen LogP contribution is -2.67. The van der Waals surface area contributed by atoms with Gasteiger partial charge in [0.05, 0.1) is 16.6 Å². The molecule has 1 amide bonds. The van der Waals surface area contributed by atoms with Crippen LogP contribution >= 0.6 is 11.6 Å². The molecule has 1 aromatic carbocycles. The van der Waals surface area contributed by atoms with Crippen molar-refractivity contribution in [1.82, 2.24) is 20.1 Å². The van der Waals surface area contributed by atoms with Crippen LogP contribution < -0.4 is 0 Å². The number of benzene rings is 1. The standard InChI is InChI=1S/C25H22ClFN4O3/c26-17-5-8-20(28-12-17)19-9-21(32)31(13-14-1-6-18(27)7-2-14)25(22(19)33)10-16(11-25)24-30-29-23(34-24)15-3-4-15/h1-2,5-8,12,15-16,19H,3-4,9-11,13H2. The molecule has 1 aliphatic heterocycles. The van der Waals surface area contributed by atoms with Crippen LogP contribution in [-0.4, -0.2) is 37.3 Å². The monoisotopic (exact) mass is 480 g/mol. The molecule has 174 valence electrons. The summed E-state index contributed by atoms with van der Waals surface area (Å²) < 4.78 is 19.3. The third-order valence-corrected chi connectivity index (χ3v) is 7.46. The van der Waals surface area contributed by atoms with Gasteiger partial charge in [-0.05, 0) is 55.5 Å². The van der Waals surface area contributed by atoms with E-state index in [9.17, 15) is 14.0 Å². The van der Waals surface area contributed by atoms with Crippen LogP contribution in [0, 0.1) is 5.82 Å². The molecule has 9 heteroatoms. The van der Waals surface area contributed by atoms with E-state index in [0.717, 1.165) is 18.4 Å². The van der Waals surface area contributed by atoms with Crippen LogP contribution in [0.5, 0.6) is 0 Å². The molecule has 0 radical (unpaired) electrons. The van der Waals surface area contributed by atoms with Gasteiger partial charge in [-0.15, -0.1) is 10.2 Å². The van der Waals surface area contributed by atoms with E-state index in [-0.39, 0.29) is 36.4 Å². The zero-order chi connectivity index (χ0) is 23.4. The Kier molecular flexibility index (Phi) is 5.02. The van der Waals surface area contributed by atoms with E-state index in [1.807, 2.05) is 0 Å². The fourth-order valence-corrected chi connectivity index (χ4v) is 5.29. The number of likely N-dealkylation sites (tertiary alicyclic amines) is 1. The van der Waals surface area contributed by atoms with Crippen molar-refractivity contribution in [2.75, 3.05) is 0 Å². The number of hydrogen-bond donors (Lipinski definition) is 0. The maximum Gasteiger partial charge on any atom is 0.224 e. The highest BCUT2D eigenvalue weighted by Gasteiger charge is 2.61. The van der Waals surface area contributed by atoms with Gasteiger partial charge in [-0.2, -0.15) is 0 Å². The van der Waals surface area contributed by atoms with Gasteiger partial charge in [-0.1, -0.05) is 23.7 Å². The van der Waals surface area contributed by atoms with E-state index in [4.69, 9.17) is 16.0 Å². The molecule has 3 heterocycles. The minimum atomic E-state index is -0.991. The second-order valence-corrected chi connectivity index (χ2v) is 9.95. The van der Waals surface area contributed by atoms with Crippen LogP contribution in [0.25, 0.3) is 0 Å². The first kappa shape index (κ1) is 21.4. The van der Waals surface area contributed by atoms with E-state index in [1.54, 1.807) is 29.2 Å². The molecule has 3 aromatic rings. The van der Waals surface area contributed by atoms with Crippen LogP contribution in [0.4, 0.5) is 4.39 Å². The van der Waals surface area contributed by atoms with Crippen molar-refractivity contribution in [3.63, 3.8) is 0 Å². The quantitative estimate of drug-likeness (QED) is 0.532. The highest BCUT2D eigenvalue weighted by Crippen LogP contribution is 2.54. The highest BCUT2D eigenvalue weighted by molar-refractivity contribution is 6.30. The SMILES string of the molecule is O=C1CC(c2ccc(Cl)cn2)C(=O)C2(CC(c3nnc(C4CC4)o3)C2)N1Cc1ccc(F)cc1. The third kappa shape index (κ3) is 3.60. The van der Waals surface area contributed by atoms with Crippen molar-refractivity contribution >= 4 is 23.3 Å². The van der Waals surface area contributed by atoms with Crippen LogP contribution in [0.1, 0.15) is 72.9 Å². The summed E-state index contributed by atoms with van der Waals surface area (Å²) in [5.74, 6) is 0.290. The fourth-order valence-electron chi connectivity index (χ4n) is 5.18. The number of hydrogen-bond acceptors (Lipinski definition) is 6. The lowest BCUT2D eigenvalue weighted by atomic mass is 9.60. The summed E-state index contributed by atoms with van der Waals surface area (Å²) in [6.07, 6.45) is 4.47. The van der Waals surface area contributed by atoms with Gasteiger partial charge in [-0.3, -0.25) is 14.6 Å². The van der Waals surface area contributed by atoms with Crippen molar-refractivity contribution in [2.45, 2.75) is 61.9 Å². The second kappa shape index (κ2) is 7.98. The predicted molar refractivity (Wildman–Crippen MR) is 120 cm³/mol. The van der Waals surface area contributed by atoms with Crippen LogP contribution in [0.3, 0.4) is 0 Å². The van der Waals surface area contributed by atoms with Gasteiger partial charge in [0, 0.05) is 31.0 Å². The highest BCUT2D eigenvalue weighted by atomic mass is 35.5. The van der Waals surface area contributed by atoms with Crippen LogP contribution in [0.15, 0.2) is 47.0 Å². The second-order valence-electron chi connectivity index (χ2n) is 9.52. The number of aromatic nitrogens is 3. The number of Topliss-reactive ketones (excluding diaryl/α,β-unsaturated/α-hetero) is 1. The first-order chi connectivity index (χ1) is 16.4. The lowest BCUT2D eigenvalue weighted by molar-refractivity contribution is -0.164. The zero-order valence-electron chi connectivity index (χ0n) is 18.3. The zero-order valence-corrected chi connectivity index (χ0v) is 19.0. The van der Waals surface area contributed by atoms with Crippen LogP contribution in [-0.2, 0) is 16.1 Å². The molecule has 1 unspecified atom stereocenters. The summed E-state index contributed by atoms with van der Waals surface area (Å²) in [6.45, 7) is 0.232. The van der Waals surface area contributed by atoms with Gasteiger partial charge in [-0.25, -0.2) is 4.39 Å². The Balaban J connectivity index is 1.31. The average Bonchev–Trinajstić information content (AvgIpc) is 3.54. The first-order valence-corrected chi connectivity index (χ1v) is 11.8. The molecule has 1 spiro atoms. The summed E-state index contributed by atoms with van der Waals surface area (Å²) in [4.78, 5) is 33.3. The molecule has 34 heavy (non-hydrogen) atoms. The molecular formula is C25H22ClFN4O3. The third-order valence-electron chi connectivity index (χ3n) is 7.23. The molecule has 0 bridgehead atoms. The van der Waals surface area contributed by atoms with Gasteiger partial charge in [0.15, 0.2) is 5.78 Å². The number of carbonyl (C=O) groups is 2. The summed E-state index contributed by atoms with van der Waals surface area (Å²) in [6, 6.07) is 9.39. The number of ketones is 1. The topological polar surface area (TPSA) is 89.2 Å². The number of pyridine rings is 1. The molecule has 1 saturated heterocycles. The Morgan fingerprint density at radius 1 is 1.03 bits per heavy atom. The molecule has 2 aliphatic carbocycles. The van der Waals surface area contributed by atoms with Gasteiger partial charge >= 0.3 is 0 Å². The summed E-state index contributed by atoms with van der Waals surface area (Å²) in [5, 5.41) is 8.87. The summed E-state index contributed by atoms with van der Waals surface area (Å²) in [5.41, 5.74) is 0.317. The van der Waals surface area contributed by atoms with Crippen molar-refractivity contribution in [3.05, 3.63) is 76.5 Å². The van der Waals surface area contributed by atoms with Gasteiger partial charge in [0.25, 0.3) is 0 Å². The van der Waals surface area contributed by atoms with E-state index in [0.29, 0.717) is 41.3 Å². The van der Waals surface area contributed by atoms with Crippen molar-refractivity contribution < 1.29 is 18.4 Å². The molecule has 0 N–H and O–H groups in total. The van der Waals surface area contributed by atoms with Gasteiger partial charge in [0.1, 0.15) is 11.4 Å². The number of halogens is 2. The maximum absolute atomic E-state index is 13.9. The van der Waals surface area contributed by atoms with Crippen molar-refractivity contribution in [1.29, 1.82) is 0 Å². The first-order valence-electron chi connectivity index (χ1n) is 11.5. The molecule has 7 nitrogen and oxygen atoms in total. The minimum absolute atomic E-state index is 0.0352. The summed E-state index contributed by atoms with van der Waals surface area (Å²) >= 11 is 5.98. The smallest absolute Gasteiger partial charge is 0.224 e. The number of piperidine rings is 1. The van der Waals surface area contributed by atoms with Crippen LogP contribution in [0.2, 0.25) is 5.02 Å². The van der Waals surface area contributed by atoms with E-state index in [2.05, 4.69) is 15.2 Å². The molecule has 3 fully saturated rings. The Morgan fingerprint density at radius 2 is 1.74 bits per heavy atom. The number of rotatable bonds is 5. The lowest BCUT2D eigenvalue weighted by Gasteiger charge is -2.55. The van der Waals surface area contributed by atoms with Gasteiger partial charge in [0.2, 0.25) is 17.7 Å². The Bertz CT molecular complexity index is 1250. The van der Waals surface area contributed by atoms with Gasteiger partial charge < -0.3 is 9.32 Å². The Labute approximate surface area is 200 Å². The molecule has 3 aliphatic rings. The number of nitrogens with zero attached hydrogens (tertiary/aromatic N) is 4. The van der Waals surface area contributed by atoms with Crippen molar-refractivity contribution in [3.8, 4) is 0 Å². The molecule has 2 aromatic heterocycles. The molecular weight excluding hydrogens is 459 g/mol. The Hall–Kier alpha value is -3.13. The van der Waals surface area contributed by atoms with E-state index in [1.165, 1.54) is 18.3 Å².